The molecule has 4 heteroatoms. The van der Waals surface area contributed by atoms with Crippen LogP contribution in [-0.4, -0.2) is 26.2 Å². The molecule has 0 saturated heterocycles. The van der Waals surface area contributed by atoms with Crippen LogP contribution in [0.3, 0.4) is 0 Å². The van der Waals surface area contributed by atoms with Crippen LogP contribution < -0.4 is 0 Å². The van der Waals surface area contributed by atoms with Crippen molar-refractivity contribution in [3.8, 4) is 0 Å². The number of esters is 2. The van der Waals surface area contributed by atoms with Gasteiger partial charge in [0, 0.05) is 0 Å². The summed E-state index contributed by atoms with van der Waals surface area (Å²) in [5.41, 5.74) is 0. The van der Waals surface area contributed by atoms with E-state index in [4.69, 9.17) is 0 Å². The van der Waals surface area contributed by atoms with Crippen molar-refractivity contribution in [2.24, 2.45) is 11.8 Å². The molecule has 0 amide bonds. The van der Waals surface area contributed by atoms with Gasteiger partial charge in [-0.15, -0.1) is 0 Å². The Kier molecular flexibility index (Phi) is 3.92. The summed E-state index contributed by atoms with van der Waals surface area (Å²) in [5.74, 6) is -0.673. The van der Waals surface area contributed by atoms with Crippen LogP contribution in [0.2, 0.25) is 0 Å². The maximum absolute atomic E-state index is 11.2. The Morgan fingerprint density at radius 1 is 1.00 bits per heavy atom. The first kappa shape index (κ1) is 11.0. The Balaban J connectivity index is 2.51. The molecule has 4 nitrogen and oxygen atoms in total. The number of methoxy groups -OCH3 is 2. The summed E-state index contributed by atoms with van der Waals surface area (Å²) in [5, 5.41) is 0. The highest BCUT2D eigenvalue weighted by Gasteiger charge is 2.32. The second-order valence-electron chi connectivity index (χ2n) is 3.61. The fourth-order valence-corrected chi connectivity index (χ4v) is 1.95. The zero-order valence-electron chi connectivity index (χ0n) is 8.62. The summed E-state index contributed by atoms with van der Waals surface area (Å²) in [4.78, 5) is 22.5. The van der Waals surface area contributed by atoms with E-state index in [-0.39, 0.29) is 23.8 Å². The lowest BCUT2D eigenvalue weighted by atomic mass is 9.81. The summed E-state index contributed by atoms with van der Waals surface area (Å²) in [7, 11) is 2.76. The topological polar surface area (TPSA) is 52.6 Å². The van der Waals surface area contributed by atoms with Gasteiger partial charge in [-0.05, 0) is 19.3 Å². The van der Waals surface area contributed by atoms with Gasteiger partial charge in [0.2, 0.25) is 0 Å². The van der Waals surface area contributed by atoms with E-state index in [1.807, 2.05) is 0 Å². The highest BCUT2D eigenvalue weighted by atomic mass is 16.5. The Hall–Kier alpha value is -1.06. The van der Waals surface area contributed by atoms with Crippen molar-refractivity contribution in [1.82, 2.24) is 0 Å². The highest BCUT2D eigenvalue weighted by molar-refractivity contribution is 5.76. The fraction of sp³-hybridized carbons (Fsp3) is 0.800. The van der Waals surface area contributed by atoms with Gasteiger partial charge in [0.1, 0.15) is 0 Å². The van der Waals surface area contributed by atoms with Gasteiger partial charge >= 0.3 is 11.9 Å². The van der Waals surface area contributed by atoms with Crippen molar-refractivity contribution in [1.29, 1.82) is 0 Å². The molecule has 1 saturated carbocycles. The monoisotopic (exact) mass is 200 g/mol. The molecule has 0 bridgehead atoms. The van der Waals surface area contributed by atoms with E-state index in [0.717, 1.165) is 19.3 Å². The van der Waals surface area contributed by atoms with Crippen LogP contribution in [0.1, 0.15) is 25.7 Å². The largest absolute Gasteiger partial charge is 0.469 e. The summed E-state index contributed by atoms with van der Waals surface area (Å²) in [6.07, 6.45) is 3.10. The van der Waals surface area contributed by atoms with Gasteiger partial charge in [-0.1, -0.05) is 6.42 Å². The summed E-state index contributed by atoms with van der Waals surface area (Å²) in [6, 6.07) is 0. The van der Waals surface area contributed by atoms with Crippen LogP contribution in [0.5, 0.6) is 0 Å². The first-order valence-electron chi connectivity index (χ1n) is 4.84. The fourth-order valence-electron chi connectivity index (χ4n) is 1.95. The third-order valence-electron chi connectivity index (χ3n) is 2.74. The Morgan fingerprint density at radius 3 is 1.79 bits per heavy atom. The van der Waals surface area contributed by atoms with E-state index < -0.39 is 0 Å². The minimum atomic E-state index is -0.210. The van der Waals surface area contributed by atoms with Gasteiger partial charge in [-0.2, -0.15) is 0 Å². The zero-order valence-corrected chi connectivity index (χ0v) is 8.62. The predicted molar refractivity (Wildman–Crippen MR) is 49.5 cm³/mol. The Bertz CT molecular complexity index is 202. The lowest BCUT2D eigenvalue weighted by molar-refractivity contribution is -0.151. The molecular formula is C10H16O4. The molecule has 0 aliphatic heterocycles. The molecule has 0 radical (unpaired) electrons. The predicted octanol–water partition coefficient (Wildman–Crippen LogP) is 1.14. The second kappa shape index (κ2) is 4.98. The summed E-state index contributed by atoms with van der Waals surface area (Å²) < 4.78 is 9.32. The summed E-state index contributed by atoms with van der Waals surface area (Å²) in [6.45, 7) is 0. The number of hydrogen-bond acceptors (Lipinski definition) is 4. The normalized spacial score (nSPS) is 26.7. The van der Waals surface area contributed by atoms with Gasteiger partial charge in [0.05, 0.1) is 26.1 Å². The number of rotatable bonds is 2. The highest BCUT2D eigenvalue weighted by Crippen LogP contribution is 2.30. The SMILES string of the molecule is COC(=O)[C@H]1CCC[C@H](C(=O)OC)C1. The standard InChI is InChI=1S/C10H16O4/c1-13-9(11)7-4-3-5-8(6-7)10(12)14-2/h7-8H,3-6H2,1-2H3/t7-,8-/m0/s1. The van der Waals surface area contributed by atoms with Crippen LogP contribution in [-0.2, 0) is 19.1 Å². The van der Waals surface area contributed by atoms with E-state index >= 15 is 0 Å². The molecule has 0 aromatic rings. The van der Waals surface area contributed by atoms with E-state index in [9.17, 15) is 9.59 Å². The van der Waals surface area contributed by atoms with Gasteiger partial charge < -0.3 is 9.47 Å². The smallest absolute Gasteiger partial charge is 0.308 e. The number of hydrogen-bond donors (Lipinski definition) is 0. The zero-order chi connectivity index (χ0) is 10.6. The second-order valence-corrected chi connectivity index (χ2v) is 3.61. The molecule has 2 atom stereocenters. The Labute approximate surface area is 83.6 Å². The molecule has 0 unspecified atom stereocenters. The van der Waals surface area contributed by atoms with Gasteiger partial charge in [0.25, 0.3) is 0 Å². The molecule has 1 aliphatic rings. The average Bonchev–Trinajstić information content (AvgIpc) is 2.27. The third-order valence-corrected chi connectivity index (χ3v) is 2.74. The van der Waals surface area contributed by atoms with Gasteiger partial charge in [-0.3, -0.25) is 9.59 Å². The van der Waals surface area contributed by atoms with E-state index in [1.165, 1.54) is 14.2 Å². The number of ether oxygens (including phenoxy) is 2. The lowest BCUT2D eigenvalue weighted by Crippen LogP contribution is -2.28. The van der Waals surface area contributed by atoms with Crippen molar-refractivity contribution in [3.63, 3.8) is 0 Å². The molecule has 0 spiro atoms. The van der Waals surface area contributed by atoms with Crippen LogP contribution in [0.25, 0.3) is 0 Å². The van der Waals surface area contributed by atoms with Crippen molar-refractivity contribution in [2.75, 3.05) is 14.2 Å². The average molecular weight is 200 g/mol. The van der Waals surface area contributed by atoms with Crippen molar-refractivity contribution in [2.45, 2.75) is 25.7 Å². The maximum atomic E-state index is 11.2. The van der Waals surface area contributed by atoms with E-state index in [0.29, 0.717) is 6.42 Å². The van der Waals surface area contributed by atoms with Crippen LogP contribution >= 0.6 is 0 Å². The van der Waals surface area contributed by atoms with E-state index in [1.54, 1.807) is 0 Å². The number of carbonyl (C=O) groups excluding carboxylic acids is 2. The molecule has 14 heavy (non-hydrogen) atoms. The molecule has 1 fully saturated rings. The lowest BCUT2D eigenvalue weighted by Gasteiger charge is -2.25. The molecule has 0 heterocycles. The van der Waals surface area contributed by atoms with Crippen molar-refractivity contribution in [3.05, 3.63) is 0 Å². The third kappa shape index (κ3) is 2.47. The van der Waals surface area contributed by atoms with Gasteiger partial charge in [0.15, 0.2) is 0 Å². The quantitative estimate of drug-likeness (QED) is 0.627. The van der Waals surface area contributed by atoms with Crippen molar-refractivity contribution >= 4 is 11.9 Å². The maximum Gasteiger partial charge on any atom is 0.308 e. The number of carbonyl (C=O) groups is 2. The van der Waals surface area contributed by atoms with Crippen molar-refractivity contribution < 1.29 is 19.1 Å². The molecular weight excluding hydrogens is 184 g/mol. The molecule has 0 N–H and O–H groups in total. The minimum absolute atomic E-state index is 0.127. The first-order chi connectivity index (χ1) is 6.69. The molecule has 1 aliphatic carbocycles. The summed E-state index contributed by atoms with van der Waals surface area (Å²) >= 11 is 0. The van der Waals surface area contributed by atoms with E-state index in [2.05, 4.69) is 9.47 Å². The molecule has 0 aromatic heterocycles. The molecule has 0 aromatic carbocycles. The van der Waals surface area contributed by atoms with Crippen LogP contribution in [0.4, 0.5) is 0 Å². The minimum Gasteiger partial charge on any atom is -0.469 e. The molecule has 1 rings (SSSR count). The van der Waals surface area contributed by atoms with Gasteiger partial charge in [-0.25, -0.2) is 0 Å². The van der Waals surface area contributed by atoms with Crippen LogP contribution in [0.15, 0.2) is 0 Å². The molecule has 80 valence electrons. The van der Waals surface area contributed by atoms with Crippen LogP contribution in [0, 0.1) is 11.8 Å². The Morgan fingerprint density at radius 2 is 1.43 bits per heavy atom. The first-order valence-corrected chi connectivity index (χ1v) is 4.84.